The van der Waals surface area contributed by atoms with Crippen LogP contribution in [0.4, 0.5) is 0 Å². The Kier molecular flexibility index (Phi) is 4.23. The van der Waals surface area contributed by atoms with Crippen molar-refractivity contribution >= 4 is 0 Å². The molecular weight excluding hydrogens is 234 g/mol. The fraction of sp³-hybridized carbons (Fsp3) is 0.294. The van der Waals surface area contributed by atoms with Crippen molar-refractivity contribution in [2.75, 3.05) is 0 Å². The maximum Gasteiger partial charge on any atom is 0.127 e. The third kappa shape index (κ3) is 3.15. The number of ether oxygens (including phenoxy) is 1. The molecule has 1 atom stereocenters. The lowest BCUT2D eigenvalue weighted by molar-refractivity contribution is 0.298. The summed E-state index contributed by atoms with van der Waals surface area (Å²) in [5.74, 6) is 0.917. The van der Waals surface area contributed by atoms with Gasteiger partial charge in [0.1, 0.15) is 12.4 Å². The summed E-state index contributed by atoms with van der Waals surface area (Å²) in [5.41, 5.74) is 10.7. The van der Waals surface area contributed by atoms with Gasteiger partial charge in [0.05, 0.1) is 0 Å². The van der Waals surface area contributed by atoms with Gasteiger partial charge in [-0.25, -0.2) is 0 Å². The van der Waals surface area contributed by atoms with Gasteiger partial charge in [0.15, 0.2) is 0 Å². The van der Waals surface area contributed by atoms with E-state index in [0.29, 0.717) is 6.61 Å². The van der Waals surface area contributed by atoms with Crippen molar-refractivity contribution in [1.82, 2.24) is 0 Å². The van der Waals surface area contributed by atoms with Gasteiger partial charge < -0.3 is 10.5 Å². The second kappa shape index (κ2) is 5.89. The number of rotatable bonds is 4. The van der Waals surface area contributed by atoms with Crippen molar-refractivity contribution in [2.24, 2.45) is 5.73 Å². The first kappa shape index (κ1) is 13.6. The summed E-state index contributed by atoms with van der Waals surface area (Å²) in [7, 11) is 0. The van der Waals surface area contributed by atoms with Crippen LogP contribution in [0.3, 0.4) is 0 Å². The Morgan fingerprint density at radius 2 is 1.68 bits per heavy atom. The topological polar surface area (TPSA) is 35.2 Å². The van der Waals surface area contributed by atoms with Crippen LogP contribution in [0.5, 0.6) is 5.75 Å². The quantitative estimate of drug-likeness (QED) is 0.899. The van der Waals surface area contributed by atoms with E-state index in [2.05, 4.69) is 32.0 Å². The van der Waals surface area contributed by atoms with Gasteiger partial charge in [-0.1, -0.05) is 42.5 Å². The first-order valence-electron chi connectivity index (χ1n) is 6.62. The van der Waals surface area contributed by atoms with E-state index in [9.17, 15) is 0 Å². The van der Waals surface area contributed by atoms with E-state index in [4.69, 9.17) is 10.5 Å². The molecule has 2 aromatic rings. The Bertz CT molecular complexity index is 561. The summed E-state index contributed by atoms with van der Waals surface area (Å²) < 4.78 is 6.02. The Morgan fingerprint density at radius 1 is 1.00 bits per heavy atom. The number of benzene rings is 2. The summed E-state index contributed by atoms with van der Waals surface area (Å²) in [4.78, 5) is 0. The number of para-hydroxylation sites is 1. The maximum atomic E-state index is 6.02. The van der Waals surface area contributed by atoms with Crippen molar-refractivity contribution in [3.63, 3.8) is 0 Å². The van der Waals surface area contributed by atoms with Gasteiger partial charge in [0, 0.05) is 11.6 Å². The maximum absolute atomic E-state index is 6.02. The van der Waals surface area contributed by atoms with Crippen LogP contribution in [0.25, 0.3) is 0 Å². The van der Waals surface area contributed by atoms with Crippen LogP contribution in [0, 0.1) is 13.8 Å². The van der Waals surface area contributed by atoms with E-state index in [1.54, 1.807) is 0 Å². The number of hydrogen-bond acceptors (Lipinski definition) is 2. The molecular formula is C17H21NO. The van der Waals surface area contributed by atoms with E-state index < -0.39 is 0 Å². The van der Waals surface area contributed by atoms with Crippen molar-refractivity contribution < 1.29 is 4.74 Å². The minimum absolute atomic E-state index is 0.0215. The largest absolute Gasteiger partial charge is 0.488 e. The molecule has 0 heterocycles. The van der Waals surface area contributed by atoms with Crippen LogP contribution >= 0.6 is 0 Å². The highest BCUT2D eigenvalue weighted by molar-refractivity contribution is 5.42. The van der Waals surface area contributed by atoms with Gasteiger partial charge in [0.2, 0.25) is 0 Å². The van der Waals surface area contributed by atoms with E-state index in [1.807, 2.05) is 31.2 Å². The van der Waals surface area contributed by atoms with Crippen molar-refractivity contribution in [3.05, 3.63) is 64.7 Å². The summed E-state index contributed by atoms with van der Waals surface area (Å²) in [6.07, 6.45) is 0. The molecule has 2 heteroatoms. The van der Waals surface area contributed by atoms with Crippen LogP contribution in [-0.2, 0) is 6.61 Å². The highest BCUT2D eigenvalue weighted by atomic mass is 16.5. The normalized spacial score (nSPS) is 12.2. The minimum atomic E-state index is -0.0215. The first-order valence-corrected chi connectivity index (χ1v) is 6.62. The molecule has 2 nitrogen and oxygen atoms in total. The van der Waals surface area contributed by atoms with Gasteiger partial charge in [0.25, 0.3) is 0 Å². The molecule has 0 aromatic heterocycles. The van der Waals surface area contributed by atoms with Gasteiger partial charge >= 0.3 is 0 Å². The molecule has 100 valence electrons. The van der Waals surface area contributed by atoms with Crippen LogP contribution < -0.4 is 10.5 Å². The summed E-state index contributed by atoms with van der Waals surface area (Å²) in [6, 6.07) is 14.4. The van der Waals surface area contributed by atoms with E-state index in [0.717, 1.165) is 16.9 Å². The lowest BCUT2D eigenvalue weighted by atomic mass is 10.0. The fourth-order valence-corrected chi connectivity index (χ4v) is 2.15. The molecule has 0 saturated heterocycles. The predicted molar refractivity (Wildman–Crippen MR) is 79.3 cm³/mol. The molecule has 0 aliphatic heterocycles. The Labute approximate surface area is 115 Å². The zero-order valence-electron chi connectivity index (χ0n) is 11.8. The van der Waals surface area contributed by atoms with Gasteiger partial charge in [-0.05, 0) is 37.5 Å². The predicted octanol–water partition coefficient (Wildman–Crippen LogP) is 3.90. The standard InChI is InChI=1S/C17H21NO/c1-12-7-4-5-9-15(12)11-19-17-13(2)8-6-10-16(17)14(3)18/h4-10,14H,11,18H2,1-3H3. The fourth-order valence-electron chi connectivity index (χ4n) is 2.15. The van der Waals surface area contributed by atoms with Crippen molar-refractivity contribution in [3.8, 4) is 5.75 Å². The zero-order valence-corrected chi connectivity index (χ0v) is 11.8. The summed E-state index contributed by atoms with van der Waals surface area (Å²) >= 11 is 0. The van der Waals surface area contributed by atoms with E-state index in [-0.39, 0.29) is 6.04 Å². The second-order valence-electron chi connectivity index (χ2n) is 5.00. The third-order valence-corrected chi connectivity index (χ3v) is 3.37. The molecule has 2 aromatic carbocycles. The number of nitrogens with two attached hydrogens (primary N) is 1. The SMILES string of the molecule is Cc1ccccc1COc1c(C)cccc1C(C)N. The monoisotopic (exact) mass is 255 g/mol. The first-order chi connectivity index (χ1) is 9.09. The highest BCUT2D eigenvalue weighted by Crippen LogP contribution is 2.28. The van der Waals surface area contributed by atoms with E-state index >= 15 is 0 Å². The van der Waals surface area contributed by atoms with Crippen molar-refractivity contribution in [2.45, 2.75) is 33.4 Å². The van der Waals surface area contributed by atoms with Gasteiger partial charge in [-0.2, -0.15) is 0 Å². The Morgan fingerprint density at radius 3 is 2.37 bits per heavy atom. The molecule has 19 heavy (non-hydrogen) atoms. The minimum Gasteiger partial charge on any atom is -0.488 e. The summed E-state index contributed by atoms with van der Waals surface area (Å²) in [6.45, 7) is 6.72. The van der Waals surface area contributed by atoms with Gasteiger partial charge in [-0.3, -0.25) is 0 Å². The lowest BCUT2D eigenvalue weighted by Gasteiger charge is -2.17. The van der Waals surface area contributed by atoms with Crippen molar-refractivity contribution in [1.29, 1.82) is 0 Å². The molecule has 0 aliphatic rings. The molecule has 0 spiro atoms. The third-order valence-electron chi connectivity index (χ3n) is 3.37. The Balaban J connectivity index is 2.22. The molecule has 0 amide bonds. The average Bonchev–Trinajstić information content (AvgIpc) is 2.38. The zero-order chi connectivity index (χ0) is 13.8. The molecule has 2 N–H and O–H groups in total. The number of aryl methyl sites for hydroxylation is 2. The molecule has 0 radical (unpaired) electrons. The van der Waals surface area contributed by atoms with Gasteiger partial charge in [-0.15, -0.1) is 0 Å². The van der Waals surface area contributed by atoms with E-state index in [1.165, 1.54) is 11.1 Å². The van der Waals surface area contributed by atoms with Crippen LogP contribution in [0.15, 0.2) is 42.5 Å². The molecule has 0 fully saturated rings. The molecule has 1 unspecified atom stereocenters. The molecule has 0 bridgehead atoms. The smallest absolute Gasteiger partial charge is 0.127 e. The van der Waals surface area contributed by atoms with Crippen LogP contribution in [0.2, 0.25) is 0 Å². The molecule has 2 rings (SSSR count). The Hall–Kier alpha value is -1.80. The van der Waals surface area contributed by atoms with Crippen LogP contribution in [0.1, 0.15) is 35.2 Å². The average molecular weight is 255 g/mol. The molecule has 0 aliphatic carbocycles. The lowest BCUT2D eigenvalue weighted by Crippen LogP contribution is -2.09. The molecule has 0 saturated carbocycles. The second-order valence-corrected chi connectivity index (χ2v) is 5.00. The highest BCUT2D eigenvalue weighted by Gasteiger charge is 2.11. The number of hydrogen-bond donors (Lipinski definition) is 1. The summed E-state index contributed by atoms with van der Waals surface area (Å²) in [5, 5.41) is 0. The van der Waals surface area contributed by atoms with Crippen LogP contribution in [-0.4, -0.2) is 0 Å².